The molecule has 0 heterocycles. The van der Waals surface area contributed by atoms with Gasteiger partial charge in [-0.25, -0.2) is 0 Å². The molecule has 0 aromatic heterocycles. The molecule has 0 aliphatic rings. The van der Waals surface area contributed by atoms with Crippen LogP contribution >= 0.6 is 15.9 Å². The minimum atomic E-state index is -1.72. The van der Waals surface area contributed by atoms with E-state index in [1.54, 1.807) is 0 Å². The Morgan fingerprint density at radius 2 is 2.11 bits per heavy atom. The van der Waals surface area contributed by atoms with Gasteiger partial charge in [0, 0.05) is 10.5 Å². The lowest BCUT2D eigenvalue weighted by Crippen LogP contribution is -2.23. The molecule has 0 aliphatic carbocycles. The zero-order valence-corrected chi connectivity index (χ0v) is 10.7. The van der Waals surface area contributed by atoms with Gasteiger partial charge < -0.3 is 9.84 Å². The molecule has 1 unspecified atom stereocenters. The molecule has 0 saturated carbocycles. The lowest BCUT2D eigenvalue weighted by Gasteiger charge is -2.10. The van der Waals surface area contributed by atoms with Crippen molar-refractivity contribution in [3.8, 4) is 0 Å². The quantitative estimate of drug-likeness (QED) is 0.392. The average molecular weight is 318 g/mol. The number of nitro groups is 1. The van der Waals surface area contributed by atoms with Crippen molar-refractivity contribution in [3.05, 3.63) is 38.3 Å². The van der Waals surface area contributed by atoms with E-state index in [4.69, 9.17) is 5.11 Å². The van der Waals surface area contributed by atoms with Gasteiger partial charge in [0.05, 0.1) is 17.6 Å². The van der Waals surface area contributed by atoms with Crippen LogP contribution in [0.3, 0.4) is 0 Å². The number of nitrogens with zero attached hydrogens (tertiary/aromatic N) is 1. The normalized spacial score (nSPS) is 11.7. The number of benzene rings is 1. The SMILES string of the molecule is COC(=O)C(C(=O)O)c1ccc(Br)cc1[N+](=O)[O-]. The molecule has 1 rings (SSSR count). The second-order valence-electron chi connectivity index (χ2n) is 3.25. The standard InChI is InChI=1S/C10H8BrNO6/c1-18-10(15)8(9(13)14)6-3-2-5(11)4-7(6)12(16)17/h2-4,8H,1H3,(H,13,14). The van der Waals surface area contributed by atoms with Gasteiger partial charge >= 0.3 is 11.9 Å². The first-order chi connectivity index (χ1) is 8.38. The number of carboxylic acids is 1. The number of halogens is 1. The summed E-state index contributed by atoms with van der Waals surface area (Å²) in [6, 6.07) is 3.76. The number of esters is 1. The minimum absolute atomic E-state index is 0.220. The summed E-state index contributed by atoms with van der Waals surface area (Å²) in [4.78, 5) is 32.5. The summed E-state index contributed by atoms with van der Waals surface area (Å²) in [5.74, 6) is -4.29. The number of hydrogen-bond acceptors (Lipinski definition) is 5. The monoisotopic (exact) mass is 317 g/mol. The van der Waals surface area contributed by atoms with Gasteiger partial charge in [-0.15, -0.1) is 0 Å². The molecule has 0 spiro atoms. The van der Waals surface area contributed by atoms with Crippen LogP contribution in [0.25, 0.3) is 0 Å². The van der Waals surface area contributed by atoms with Crippen molar-refractivity contribution in [1.29, 1.82) is 0 Å². The Hall–Kier alpha value is -1.96. The Kier molecular flexibility index (Phi) is 4.38. The first-order valence-electron chi connectivity index (χ1n) is 4.63. The van der Waals surface area contributed by atoms with Gasteiger partial charge in [-0.3, -0.25) is 19.7 Å². The molecule has 0 bridgehead atoms. The lowest BCUT2D eigenvalue weighted by atomic mass is 9.97. The summed E-state index contributed by atoms with van der Waals surface area (Å²) < 4.78 is 4.75. The number of hydrogen-bond donors (Lipinski definition) is 1. The molecule has 96 valence electrons. The molecule has 1 aromatic carbocycles. The van der Waals surface area contributed by atoms with Crippen LogP contribution in [-0.2, 0) is 14.3 Å². The van der Waals surface area contributed by atoms with E-state index in [0.717, 1.165) is 13.2 Å². The van der Waals surface area contributed by atoms with E-state index in [1.165, 1.54) is 12.1 Å². The molecule has 0 saturated heterocycles. The van der Waals surface area contributed by atoms with E-state index in [-0.39, 0.29) is 5.56 Å². The van der Waals surface area contributed by atoms with E-state index in [0.29, 0.717) is 4.47 Å². The number of carbonyl (C=O) groups is 2. The second kappa shape index (κ2) is 5.58. The highest BCUT2D eigenvalue weighted by molar-refractivity contribution is 9.10. The number of rotatable bonds is 4. The maximum Gasteiger partial charge on any atom is 0.324 e. The second-order valence-corrected chi connectivity index (χ2v) is 4.17. The van der Waals surface area contributed by atoms with Crippen molar-refractivity contribution in [2.45, 2.75) is 5.92 Å². The Balaban J connectivity index is 3.41. The smallest absolute Gasteiger partial charge is 0.324 e. The number of aliphatic carboxylic acids is 1. The Labute approximate surface area is 110 Å². The largest absolute Gasteiger partial charge is 0.480 e. The molecule has 1 aromatic rings. The lowest BCUT2D eigenvalue weighted by molar-refractivity contribution is -0.385. The van der Waals surface area contributed by atoms with Crippen LogP contribution in [-0.4, -0.2) is 29.1 Å². The van der Waals surface area contributed by atoms with E-state index < -0.39 is 28.5 Å². The highest BCUT2D eigenvalue weighted by Crippen LogP contribution is 2.30. The van der Waals surface area contributed by atoms with E-state index in [1.807, 2.05) is 0 Å². The summed E-state index contributed by atoms with van der Waals surface area (Å²) >= 11 is 3.04. The fourth-order valence-electron chi connectivity index (χ4n) is 1.40. The number of carboxylic acid groups (broad SMARTS) is 1. The highest BCUT2D eigenvalue weighted by atomic mass is 79.9. The van der Waals surface area contributed by atoms with E-state index in [2.05, 4.69) is 20.7 Å². The molecule has 8 heteroatoms. The van der Waals surface area contributed by atoms with Gasteiger partial charge in [0.1, 0.15) is 0 Å². The van der Waals surface area contributed by atoms with Crippen molar-refractivity contribution < 1.29 is 24.4 Å². The molecule has 0 amide bonds. The summed E-state index contributed by atoms with van der Waals surface area (Å²) in [5.41, 5.74) is -0.676. The zero-order chi connectivity index (χ0) is 13.9. The van der Waals surface area contributed by atoms with Gasteiger partial charge in [0.25, 0.3) is 5.69 Å². The topological polar surface area (TPSA) is 107 Å². The molecule has 1 atom stereocenters. The third-order valence-electron chi connectivity index (χ3n) is 2.18. The van der Waals surface area contributed by atoms with Crippen molar-refractivity contribution in [2.24, 2.45) is 0 Å². The predicted molar refractivity (Wildman–Crippen MR) is 63.2 cm³/mol. The van der Waals surface area contributed by atoms with Crippen LogP contribution < -0.4 is 0 Å². The highest BCUT2D eigenvalue weighted by Gasteiger charge is 2.35. The zero-order valence-electron chi connectivity index (χ0n) is 9.12. The number of carbonyl (C=O) groups excluding carboxylic acids is 1. The molecule has 18 heavy (non-hydrogen) atoms. The van der Waals surface area contributed by atoms with Crippen LogP contribution in [0.2, 0.25) is 0 Å². The maximum absolute atomic E-state index is 11.4. The van der Waals surface area contributed by atoms with Crippen LogP contribution in [0.4, 0.5) is 5.69 Å². The number of methoxy groups -OCH3 is 1. The first kappa shape index (κ1) is 14.1. The average Bonchev–Trinajstić information content (AvgIpc) is 2.30. The number of nitro benzene ring substituents is 1. The predicted octanol–water partition coefficient (Wildman–Crippen LogP) is 1.70. The van der Waals surface area contributed by atoms with E-state index in [9.17, 15) is 19.7 Å². The Morgan fingerprint density at radius 1 is 1.50 bits per heavy atom. The van der Waals surface area contributed by atoms with Crippen LogP contribution in [0.1, 0.15) is 11.5 Å². The fourth-order valence-corrected chi connectivity index (χ4v) is 1.75. The number of ether oxygens (including phenoxy) is 1. The van der Waals surface area contributed by atoms with Gasteiger partial charge in [0.2, 0.25) is 0 Å². The molecular formula is C10H8BrNO6. The van der Waals surface area contributed by atoms with Crippen molar-refractivity contribution >= 4 is 33.6 Å². The van der Waals surface area contributed by atoms with Crippen LogP contribution in [0.5, 0.6) is 0 Å². The van der Waals surface area contributed by atoms with Crippen LogP contribution in [0, 0.1) is 10.1 Å². The third kappa shape index (κ3) is 2.83. The Bertz CT molecular complexity index is 515. The summed E-state index contributed by atoms with van der Waals surface area (Å²) in [6.07, 6.45) is 0. The van der Waals surface area contributed by atoms with Gasteiger partial charge in [-0.05, 0) is 12.1 Å². The van der Waals surface area contributed by atoms with Gasteiger partial charge in [-0.1, -0.05) is 15.9 Å². The van der Waals surface area contributed by atoms with Gasteiger partial charge in [0.15, 0.2) is 5.92 Å². The summed E-state index contributed by atoms with van der Waals surface area (Å²) in [5, 5.41) is 19.8. The molecule has 1 N–H and O–H groups in total. The summed E-state index contributed by atoms with van der Waals surface area (Å²) in [6.45, 7) is 0. The molecule has 0 aliphatic heterocycles. The van der Waals surface area contributed by atoms with Crippen molar-refractivity contribution in [2.75, 3.05) is 7.11 Å². The first-order valence-corrected chi connectivity index (χ1v) is 5.42. The third-order valence-corrected chi connectivity index (χ3v) is 2.68. The van der Waals surface area contributed by atoms with E-state index >= 15 is 0 Å². The Morgan fingerprint density at radius 3 is 2.56 bits per heavy atom. The van der Waals surface area contributed by atoms with Crippen molar-refractivity contribution in [1.82, 2.24) is 0 Å². The van der Waals surface area contributed by atoms with Gasteiger partial charge in [-0.2, -0.15) is 0 Å². The maximum atomic E-state index is 11.4. The van der Waals surface area contributed by atoms with Crippen molar-refractivity contribution in [3.63, 3.8) is 0 Å². The fraction of sp³-hybridized carbons (Fsp3) is 0.200. The molecular weight excluding hydrogens is 310 g/mol. The summed E-state index contributed by atoms with van der Waals surface area (Å²) in [7, 11) is 1.02. The molecule has 7 nitrogen and oxygen atoms in total. The minimum Gasteiger partial charge on any atom is -0.480 e. The molecule has 0 fully saturated rings. The van der Waals surface area contributed by atoms with Crippen LogP contribution in [0.15, 0.2) is 22.7 Å². The molecule has 0 radical (unpaired) electrons.